The Morgan fingerprint density at radius 3 is 2.40 bits per heavy atom. The van der Waals surface area contributed by atoms with E-state index in [0.29, 0.717) is 0 Å². The van der Waals surface area contributed by atoms with Gasteiger partial charge in [0.2, 0.25) is 11.8 Å². The number of benzene rings is 2. The molecule has 3 rings (SSSR count). The standard InChI is InChI=1S/C19H18F2N2O2/c1-2-12-6-8-14(9-7-12)23-11-13(10-17(23)24)19(25)22-18-15(20)4-3-5-16(18)21/h3-9,13H,2,10-11H2,1H3,(H,22,25). The molecule has 1 fully saturated rings. The highest BCUT2D eigenvalue weighted by Gasteiger charge is 2.35. The van der Waals surface area contributed by atoms with E-state index < -0.39 is 29.1 Å². The zero-order valence-electron chi connectivity index (χ0n) is 13.8. The molecule has 130 valence electrons. The monoisotopic (exact) mass is 344 g/mol. The number of para-hydroxylation sites is 1. The lowest BCUT2D eigenvalue weighted by Gasteiger charge is -2.17. The minimum Gasteiger partial charge on any atom is -0.321 e. The number of rotatable bonds is 4. The number of aryl methyl sites for hydroxylation is 1. The van der Waals surface area contributed by atoms with Crippen molar-refractivity contribution in [2.75, 3.05) is 16.8 Å². The minimum absolute atomic E-state index is 0.0113. The summed E-state index contributed by atoms with van der Waals surface area (Å²) < 4.78 is 27.3. The van der Waals surface area contributed by atoms with Crippen molar-refractivity contribution in [1.29, 1.82) is 0 Å². The molecule has 0 saturated carbocycles. The van der Waals surface area contributed by atoms with Crippen molar-refractivity contribution in [2.45, 2.75) is 19.8 Å². The molecule has 0 radical (unpaired) electrons. The normalized spacial score (nSPS) is 17.0. The van der Waals surface area contributed by atoms with Crippen LogP contribution < -0.4 is 10.2 Å². The first-order valence-electron chi connectivity index (χ1n) is 8.13. The summed E-state index contributed by atoms with van der Waals surface area (Å²) in [6.45, 7) is 2.23. The lowest BCUT2D eigenvalue weighted by molar-refractivity contribution is -0.122. The highest BCUT2D eigenvalue weighted by Crippen LogP contribution is 2.27. The topological polar surface area (TPSA) is 49.4 Å². The van der Waals surface area contributed by atoms with Gasteiger partial charge in [-0.2, -0.15) is 0 Å². The first kappa shape index (κ1) is 17.1. The van der Waals surface area contributed by atoms with Gasteiger partial charge in [-0.15, -0.1) is 0 Å². The van der Waals surface area contributed by atoms with Crippen LogP contribution in [0.5, 0.6) is 0 Å². The molecule has 1 N–H and O–H groups in total. The molecule has 2 amide bonds. The van der Waals surface area contributed by atoms with Gasteiger partial charge >= 0.3 is 0 Å². The third-order valence-corrected chi connectivity index (χ3v) is 4.36. The van der Waals surface area contributed by atoms with Gasteiger partial charge in [0, 0.05) is 18.7 Å². The van der Waals surface area contributed by atoms with Crippen LogP contribution >= 0.6 is 0 Å². The number of nitrogens with zero attached hydrogens (tertiary/aromatic N) is 1. The summed E-state index contributed by atoms with van der Waals surface area (Å²) in [4.78, 5) is 26.1. The fraction of sp³-hybridized carbons (Fsp3) is 0.263. The summed E-state index contributed by atoms with van der Waals surface area (Å²) in [5, 5.41) is 2.26. The Bertz CT molecular complexity index is 785. The first-order chi connectivity index (χ1) is 12.0. The Morgan fingerprint density at radius 1 is 1.16 bits per heavy atom. The van der Waals surface area contributed by atoms with Crippen LogP contribution in [-0.2, 0) is 16.0 Å². The van der Waals surface area contributed by atoms with Crippen LogP contribution in [0.2, 0.25) is 0 Å². The van der Waals surface area contributed by atoms with E-state index in [0.717, 1.165) is 29.8 Å². The number of nitrogens with one attached hydrogen (secondary N) is 1. The SMILES string of the molecule is CCc1ccc(N2CC(C(=O)Nc3c(F)cccc3F)CC2=O)cc1. The Hall–Kier alpha value is -2.76. The number of anilines is 2. The first-order valence-corrected chi connectivity index (χ1v) is 8.13. The highest BCUT2D eigenvalue weighted by molar-refractivity contribution is 6.03. The van der Waals surface area contributed by atoms with Crippen LogP contribution in [0.15, 0.2) is 42.5 Å². The van der Waals surface area contributed by atoms with Crippen LogP contribution in [0.25, 0.3) is 0 Å². The van der Waals surface area contributed by atoms with Crippen molar-refractivity contribution >= 4 is 23.2 Å². The molecule has 2 aromatic rings. The van der Waals surface area contributed by atoms with E-state index in [1.54, 1.807) is 0 Å². The summed E-state index contributed by atoms with van der Waals surface area (Å²) in [7, 11) is 0. The second-order valence-corrected chi connectivity index (χ2v) is 6.01. The highest BCUT2D eigenvalue weighted by atomic mass is 19.1. The molecule has 1 unspecified atom stereocenters. The molecule has 1 aliphatic rings. The van der Waals surface area contributed by atoms with E-state index in [2.05, 4.69) is 5.32 Å². The molecule has 6 heteroatoms. The Kier molecular flexibility index (Phi) is 4.79. The Labute approximate surface area is 144 Å². The number of hydrogen-bond donors (Lipinski definition) is 1. The largest absolute Gasteiger partial charge is 0.321 e. The van der Waals surface area contributed by atoms with Crippen LogP contribution in [0.4, 0.5) is 20.2 Å². The van der Waals surface area contributed by atoms with Gasteiger partial charge in [-0.1, -0.05) is 25.1 Å². The summed E-state index contributed by atoms with van der Waals surface area (Å²) in [6.07, 6.45) is 0.908. The zero-order chi connectivity index (χ0) is 18.0. The van der Waals surface area contributed by atoms with Crippen LogP contribution in [0.3, 0.4) is 0 Å². The van der Waals surface area contributed by atoms with Crippen molar-refractivity contribution in [3.63, 3.8) is 0 Å². The van der Waals surface area contributed by atoms with Gasteiger partial charge in [-0.3, -0.25) is 9.59 Å². The maximum atomic E-state index is 13.7. The fourth-order valence-electron chi connectivity index (χ4n) is 2.89. The zero-order valence-corrected chi connectivity index (χ0v) is 13.8. The van der Waals surface area contributed by atoms with Crippen molar-refractivity contribution in [3.8, 4) is 0 Å². The van der Waals surface area contributed by atoms with Gasteiger partial charge in [-0.05, 0) is 36.2 Å². The number of carbonyl (C=O) groups is 2. The Morgan fingerprint density at radius 2 is 1.80 bits per heavy atom. The summed E-state index contributed by atoms with van der Waals surface area (Å²) >= 11 is 0. The predicted molar refractivity (Wildman–Crippen MR) is 91.3 cm³/mol. The maximum Gasteiger partial charge on any atom is 0.229 e. The van der Waals surface area contributed by atoms with Crippen molar-refractivity contribution in [3.05, 3.63) is 59.7 Å². The van der Waals surface area contributed by atoms with Crippen molar-refractivity contribution < 1.29 is 18.4 Å². The van der Waals surface area contributed by atoms with Gasteiger partial charge in [-0.25, -0.2) is 8.78 Å². The molecule has 4 nitrogen and oxygen atoms in total. The third kappa shape index (κ3) is 3.52. The van der Waals surface area contributed by atoms with E-state index >= 15 is 0 Å². The van der Waals surface area contributed by atoms with Gasteiger partial charge in [0.1, 0.15) is 17.3 Å². The number of halogens is 2. The molecule has 0 bridgehead atoms. The van der Waals surface area contributed by atoms with Crippen LogP contribution in [-0.4, -0.2) is 18.4 Å². The summed E-state index contributed by atoms with van der Waals surface area (Å²) in [5.41, 5.74) is 1.39. The van der Waals surface area contributed by atoms with E-state index in [-0.39, 0.29) is 18.9 Å². The van der Waals surface area contributed by atoms with Crippen molar-refractivity contribution in [2.24, 2.45) is 5.92 Å². The lowest BCUT2D eigenvalue weighted by atomic mass is 10.1. The van der Waals surface area contributed by atoms with Gasteiger partial charge < -0.3 is 10.2 Å². The maximum absolute atomic E-state index is 13.7. The van der Waals surface area contributed by atoms with E-state index in [4.69, 9.17) is 0 Å². The molecular formula is C19H18F2N2O2. The van der Waals surface area contributed by atoms with Crippen LogP contribution in [0.1, 0.15) is 18.9 Å². The molecule has 1 atom stereocenters. The van der Waals surface area contributed by atoms with Crippen LogP contribution in [0, 0.1) is 17.6 Å². The van der Waals surface area contributed by atoms with E-state index in [1.165, 1.54) is 11.0 Å². The quantitative estimate of drug-likeness (QED) is 0.923. The van der Waals surface area contributed by atoms with E-state index in [1.807, 2.05) is 31.2 Å². The molecule has 1 heterocycles. The molecular weight excluding hydrogens is 326 g/mol. The number of hydrogen-bond acceptors (Lipinski definition) is 2. The van der Waals surface area contributed by atoms with Gasteiger partial charge in [0.25, 0.3) is 0 Å². The number of carbonyl (C=O) groups excluding carboxylic acids is 2. The van der Waals surface area contributed by atoms with Gasteiger partial charge in [0.05, 0.1) is 5.92 Å². The average Bonchev–Trinajstić information content (AvgIpc) is 3.00. The Balaban J connectivity index is 1.72. The lowest BCUT2D eigenvalue weighted by Crippen LogP contribution is -2.28. The van der Waals surface area contributed by atoms with E-state index in [9.17, 15) is 18.4 Å². The molecule has 0 aromatic heterocycles. The second-order valence-electron chi connectivity index (χ2n) is 6.01. The molecule has 2 aromatic carbocycles. The summed E-state index contributed by atoms with van der Waals surface area (Å²) in [5.74, 6) is -3.09. The second kappa shape index (κ2) is 7.01. The number of amides is 2. The smallest absolute Gasteiger partial charge is 0.229 e. The predicted octanol–water partition coefficient (Wildman–Crippen LogP) is 3.52. The van der Waals surface area contributed by atoms with Crippen molar-refractivity contribution in [1.82, 2.24) is 0 Å². The average molecular weight is 344 g/mol. The molecule has 1 aliphatic heterocycles. The molecule has 25 heavy (non-hydrogen) atoms. The molecule has 0 aliphatic carbocycles. The fourth-order valence-corrected chi connectivity index (χ4v) is 2.89. The van der Waals surface area contributed by atoms with Gasteiger partial charge in [0.15, 0.2) is 0 Å². The third-order valence-electron chi connectivity index (χ3n) is 4.36. The molecule has 0 spiro atoms. The molecule has 1 saturated heterocycles. The summed E-state index contributed by atoms with van der Waals surface area (Å²) in [6, 6.07) is 10.9. The minimum atomic E-state index is -0.843.